The van der Waals surface area contributed by atoms with Crippen LogP contribution in [-0.4, -0.2) is 27.6 Å². The van der Waals surface area contributed by atoms with Gasteiger partial charge in [-0.1, -0.05) is 6.07 Å². The van der Waals surface area contributed by atoms with Crippen LogP contribution in [0, 0.1) is 0 Å². The fourth-order valence-corrected chi connectivity index (χ4v) is 1.01. The lowest BCUT2D eigenvalue weighted by Gasteiger charge is -2.06. The Morgan fingerprint density at radius 1 is 1.29 bits per heavy atom. The molecule has 0 aliphatic rings. The predicted octanol–water partition coefficient (Wildman–Crippen LogP) is 0.465. The second-order valence-corrected chi connectivity index (χ2v) is 2.70. The Hall–Kier alpha value is -2.04. The average molecular weight is 196 g/mol. The first-order valence-corrected chi connectivity index (χ1v) is 3.76. The van der Waals surface area contributed by atoms with Crippen LogP contribution in [0.15, 0.2) is 18.2 Å². The lowest BCUT2D eigenvalue weighted by atomic mass is 10.0. The number of rotatable bonds is 3. The Bertz CT molecular complexity index is 371. The molecule has 0 spiro atoms. The van der Waals surface area contributed by atoms with Crippen LogP contribution < -0.4 is 0 Å². The van der Waals surface area contributed by atoms with E-state index in [1.54, 1.807) is 0 Å². The molecule has 0 fully saturated rings. The third-order valence-electron chi connectivity index (χ3n) is 1.76. The largest absolute Gasteiger partial charge is 0.504 e. The lowest BCUT2D eigenvalue weighted by molar-refractivity contribution is -0.140. The van der Waals surface area contributed by atoms with Gasteiger partial charge in [-0.05, 0) is 17.7 Å². The molecule has 0 saturated heterocycles. The molecule has 1 rings (SSSR count). The van der Waals surface area contributed by atoms with Crippen LogP contribution in [0.4, 0.5) is 0 Å². The molecule has 1 aromatic carbocycles. The molecule has 0 saturated carbocycles. The van der Waals surface area contributed by atoms with E-state index in [-0.39, 0.29) is 17.6 Å². The number of phenolic OH excluding ortho intramolecular Hbond substituents is 2. The number of aldehydes is 1. The van der Waals surface area contributed by atoms with Gasteiger partial charge in [0, 0.05) is 0 Å². The van der Waals surface area contributed by atoms with Crippen LogP contribution in [0.1, 0.15) is 11.5 Å². The minimum atomic E-state index is -1.32. The van der Waals surface area contributed by atoms with Gasteiger partial charge in [-0.2, -0.15) is 0 Å². The summed E-state index contributed by atoms with van der Waals surface area (Å²) >= 11 is 0. The fourth-order valence-electron chi connectivity index (χ4n) is 1.01. The van der Waals surface area contributed by atoms with Crippen LogP contribution in [0.3, 0.4) is 0 Å². The Kier molecular flexibility index (Phi) is 2.71. The van der Waals surface area contributed by atoms with Crippen molar-refractivity contribution in [2.24, 2.45) is 0 Å². The minimum Gasteiger partial charge on any atom is -0.504 e. The average Bonchev–Trinajstić information content (AvgIpc) is 2.11. The van der Waals surface area contributed by atoms with Gasteiger partial charge < -0.3 is 20.1 Å². The van der Waals surface area contributed by atoms with Gasteiger partial charge >= 0.3 is 5.97 Å². The van der Waals surface area contributed by atoms with E-state index in [2.05, 4.69) is 0 Å². The molecule has 1 atom stereocenters. The van der Waals surface area contributed by atoms with Crippen molar-refractivity contribution >= 4 is 12.3 Å². The zero-order valence-electron chi connectivity index (χ0n) is 7.04. The summed E-state index contributed by atoms with van der Waals surface area (Å²) in [6, 6.07) is 3.44. The highest BCUT2D eigenvalue weighted by atomic mass is 16.4. The Morgan fingerprint density at radius 3 is 2.36 bits per heavy atom. The van der Waals surface area contributed by atoms with Crippen LogP contribution in [0.25, 0.3) is 0 Å². The minimum absolute atomic E-state index is 0.128. The fraction of sp³-hybridized carbons (Fsp3) is 0.111. The first-order valence-electron chi connectivity index (χ1n) is 3.76. The van der Waals surface area contributed by atoms with Gasteiger partial charge in [-0.15, -0.1) is 0 Å². The van der Waals surface area contributed by atoms with Crippen molar-refractivity contribution in [2.75, 3.05) is 0 Å². The first-order chi connectivity index (χ1) is 6.56. The van der Waals surface area contributed by atoms with E-state index in [1.165, 1.54) is 6.07 Å². The molecule has 0 aliphatic heterocycles. The summed E-state index contributed by atoms with van der Waals surface area (Å²) < 4.78 is 0. The maximum absolute atomic E-state index is 10.6. The van der Waals surface area contributed by atoms with E-state index in [0.717, 1.165) is 12.1 Å². The molecule has 0 aromatic heterocycles. The standard InChI is InChI=1S/C9H8O5/c10-4-6(9(13)14)5-1-2-7(11)8(12)3-5/h1-4,6,11-12H,(H,13,14). The molecular formula is C9H8O5. The summed E-state index contributed by atoms with van der Waals surface area (Å²) in [6.45, 7) is 0. The van der Waals surface area contributed by atoms with Crippen LogP contribution in [0.5, 0.6) is 11.5 Å². The first kappa shape index (κ1) is 10.0. The van der Waals surface area contributed by atoms with Gasteiger partial charge in [0.05, 0.1) is 0 Å². The van der Waals surface area contributed by atoms with E-state index in [4.69, 9.17) is 15.3 Å². The van der Waals surface area contributed by atoms with Gasteiger partial charge in [0.25, 0.3) is 0 Å². The molecule has 5 heteroatoms. The topological polar surface area (TPSA) is 94.8 Å². The number of aliphatic carboxylic acids is 1. The number of phenols is 2. The second kappa shape index (κ2) is 3.78. The van der Waals surface area contributed by atoms with E-state index in [0.29, 0.717) is 0 Å². The zero-order valence-corrected chi connectivity index (χ0v) is 7.04. The highest BCUT2D eigenvalue weighted by Gasteiger charge is 2.19. The smallest absolute Gasteiger partial charge is 0.318 e. The van der Waals surface area contributed by atoms with Gasteiger partial charge in [-0.3, -0.25) is 4.79 Å². The monoisotopic (exact) mass is 196 g/mol. The highest BCUT2D eigenvalue weighted by molar-refractivity contribution is 5.93. The Balaban J connectivity index is 3.12. The van der Waals surface area contributed by atoms with Crippen molar-refractivity contribution in [2.45, 2.75) is 5.92 Å². The van der Waals surface area contributed by atoms with Crippen LogP contribution >= 0.6 is 0 Å². The van der Waals surface area contributed by atoms with Crippen molar-refractivity contribution in [3.8, 4) is 11.5 Å². The molecule has 0 aliphatic carbocycles. The van der Waals surface area contributed by atoms with Gasteiger partial charge in [0.15, 0.2) is 11.5 Å². The van der Waals surface area contributed by atoms with E-state index in [9.17, 15) is 9.59 Å². The number of carboxylic acids is 1. The van der Waals surface area contributed by atoms with Gasteiger partial charge in [-0.25, -0.2) is 0 Å². The normalized spacial score (nSPS) is 12.0. The van der Waals surface area contributed by atoms with Crippen molar-refractivity contribution in [1.82, 2.24) is 0 Å². The molecule has 0 amide bonds. The second-order valence-electron chi connectivity index (χ2n) is 2.70. The maximum atomic E-state index is 10.6. The number of benzene rings is 1. The quantitative estimate of drug-likeness (QED) is 0.371. The summed E-state index contributed by atoms with van der Waals surface area (Å²) in [5.74, 6) is -3.43. The highest BCUT2D eigenvalue weighted by Crippen LogP contribution is 2.27. The molecule has 0 bridgehead atoms. The Morgan fingerprint density at radius 2 is 1.93 bits per heavy atom. The number of hydrogen-bond acceptors (Lipinski definition) is 4. The molecule has 0 radical (unpaired) electrons. The van der Waals surface area contributed by atoms with Crippen molar-refractivity contribution in [3.63, 3.8) is 0 Å². The molecule has 3 N–H and O–H groups in total. The van der Waals surface area contributed by atoms with Crippen molar-refractivity contribution in [3.05, 3.63) is 23.8 Å². The number of hydrogen-bond donors (Lipinski definition) is 3. The van der Waals surface area contributed by atoms with E-state index in [1.807, 2.05) is 0 Å². The lowest BCUT2D eigenvalue weighted by Crippen LogP contribution is -2.12. The molecular weight excluding hydrogens is 188 g/mol. The molecule has 1 unspecified atom stereocenters. The predicted molar refractivity (Wildman–Crippen MR) is 46.2 cm³/mol. The van der Waals surface area contributed by atoms with Crippen LogP contribution in [-0.2, 0) is 9.59 Å². The molecule has 5 nitrogen and oxygen atoms in total. The summed E-state index contributed by atoms with van der Waals surface area (Å²) in [4.78, 5) is 21.0. The van der Waals surface area contributed by atoms with E-state index < -0.39 is 17.6 Å². The van der Waals surface area contributed by atoms with Gasteiger partial charge in [0.2, 0.25) is 0 Å². The maximum Gasteiger partial charge on any atom is 0.318 e. The van der Waals surface area contributed by atoms with Gasteiger partial charge in [0.1, 0.15) is 12.2 Å². The van der Waals surface area contributed by atoms with Crippen molar-refractivity contribution < 1.29 is 24.9 Å². The SMILES string of the molecule is O=CC(C(=O)O)c1ccc(O)c(O)c1. The molecule has 14 heavy (non-hydrogen) atoms. The summed E-state index contributed by atoms with van der Waals surface area (Å²) in [7, 11) is 0. The summed E-state index contributed by atoms with van der Waals surface area (Å²) in [6.07, 6.45) is 0.258. The van der Waals surface area contributed by atoms with Crippen LogP contribution in [0.2, 0.25) is 0 Å². The Labute approximate surface area is 79.2 Å². The van der Waals surface area contributed by atoms with E-state index >= 15 is 0 Å². The zero-order chi connectivity index (χ0) is 10.7. The number of carbonyl (C=O) groups is 2. The molecule has 74 valence electrons. The summed E-state index contributed by atoms with van der Waals surface area (Å²) in [5, 5.41) is 26.6. The third kappa shape index (κ3) is 1.82. The molecule has 0 heterocycles. The number of aromatic hydroxyl groups is 2. The third-order valence-corrected chi connectivity index (χ3v) is 1.76. The number of carbonyl (C=O) groups excluding carboxylic acids is 1. The van der Waals surface area contributed by atoms with Crippen molar-refractivity contribution in [1.29, 1.82) is 0 Å². The summed E-state index contributed by atoms with van der Waals surface area (Å²) in [5.41, 5.74) is 0.128. The number of carboxylic acid groups (broad SMARTS) is 1. The molecule has 1 aromatic rings.